The van der Waals surface area contributed by atoms with E-state index in [9.17, 15) is 0 Å². The van der Waals surface area contributed by atoms with Crippen LogP contribution in [-0.4, -0.2) is 20.1 Å². The van der Waals surface area contributed by atoms with Gasteiger partial charge in [-0.15, -0.1) is 0 Å². The van der Waals surface area contributed by atoms with Crippen molar-refractivity contribution in [3.8, 4) is 0 Å². The van der Waals surface area contributed by atoms with Crippen LogP contribution in [0.1, 0.15) is 17.5 Å². The molecule has 0 aliphatic rings. The Hall–Kier alpha value is -0.570. The molecule has 2 N–H and O–H groups in total. The third-order valence-electron chi connectivity index (χ3n) is 2.48. The number of hydrogen-bond acceptors (Lipinski definition) is 2. The lowest BCUT2D eigenvalue weighted by atomic mass is 10.1. The van der Waals surface area contributed by atoms with Gasteiger partial charge >= 0.3 is 0 Å². The lowest BCUT2D eigenvalue weighted by Crippen LogP contribution is -2.19. The monoisotopic (exact) mass is 226 g/mol. The maximum absolute atomic E-state index is 6.04. The summed E-state index contributed by atoms with van der Waals surface area (Å²) in [7, 11) is 1.97. The highest BCUT2D eigenvalue weighted by Crippen LogP contribution is 2.18. The molecular formula is C12H19ClN2. The molecule has 1 rings (SSSR count). The number of benzene rings is 1. The number of halogens is 1. The lowest BCUT2D eigenvalue weighted by Gasteiger charge is -2.08. The highest BCUT2D eigenvalue weighted by molar-refractivity contribution is 6.31. The van der Waals surface area contributed by atoms with Gasteiger partial charge in [0.15, 0.2) is 0 Å². The average molecular weight is 227 g/mol. The Morgan fingerprint density at radius 3 is 2.80 bits per heavy atom. The first-order valence-electron chi connectivity index (χ1n) is 5.35. The molecule has 84 valence electrons. The second-order valence-electron chi connectivity index (χ2n) is 3.66. The van der Waals surface area contributed by atoms with E-state index in [-0.39, 0.29) is 0 Å². The van der Waals surface area contributed by atoms with Gasteiger partial charge in [-0.25, -0.2) is 0 Å². The van der Waals surface area contributed by atoms with Crippen molar-refractivity contribution < 1.29 is 0 Å². The van der Waals surface area contributed by atoms with E-state index >= 15 is 0 Å². The Balaban J connectivity index is 2.34. The molecule has 2 nitrogen and oxygen atoms in total. The van der Waals surface area contributed by atoms with Crippen molar-refractivity contribution in [2.45, 2.75) is 19.9 Å². The minimum Gasteiger partial charge on any atom is -0.320 e. The maximum atomic E-state index is 6.04. The number of rotatable bonds is 6. The first kappa shape index (κ1) is 12.5. The molecule has 0 aliphatic carbocycles. The van der Waals surface area contributed by atoms with Crippen molar-refractivity contribution in [1.82, 2.24) is 10.6 Å². The van der Waals surface area contributed by atoms with Gasteiger partial charge in [0.1, 0.15) is 0 Å². The average Bonchev–Trinajstić information content (AvgIpc) is 2.24. The van der Waals surface area contributed by atoms with Gasteiger partial charge in [0.05, 0.1) is 0 Å². The Labute approximate surface area is 97.0 Å². The van der Waals surface area contributed by atoms with E-state index in [2.05, 4.69) is 23.6 Å². The van der Waals surface area contributed by atoms with Gasteiger partial charge in [-0.2, -0.15) is 0 Å². The summed E-state index contributed by atoms with van der Waals surface area (Å²) in [5, 5.41) is 7.38. The van der Waals surface area contributed by atoms with E-state index in [1.54, 1.807) is 0 Å². The van der Waals surface area contributed by atoms with Gasteiger partial charge in [0, 0.05) is 11.6 Å². The van der Waals surface area contributed by atoms with Crippen LogP contribution in [0.4, 0.5) is 0 Å². The maximum Gasteiger partial charge on any atom is 0.0438 e. The molecular weight excluding hydrogens is 208 g/mol. The van der Waals surface area contributed by atoms with E-state index in [1.807, 2.05) is 19.2 Å². The first-order chi connectivity index (χ1) is 7.25. The molecule has 0 radical (unpaired) electrons. The predicted molar refractivity (Wildman–Crippen MR) is 66.4 cm³/mol. The molecule has 0 saturated carbocycles. The zero-order valence-corrected chi connectivity index (χ0v) is 10.2. The molecule has 0 heterocycles. The van der Waals surface area contributed by atoms with Crippen molar-refractivity contribution in [3.63, 3.8) is 0 Å². The molecule has 0 atom stereocenters. The first-order valence-corrected chi connectivity index (χ1v) is 5.73. The van der Waals surface area contributed by atoms with Gasteiger partial charge < -0.3 is 10.6 Å². The summed E-state index contributed by atoms with van der Waals surface area (Å²) in [5.74, 6) is 0. The molecule has 0 spiro atoms. The molecule has 0 aromatic heterocycles. The molecule has 0 aliphatic heterocycles. The van der Waals surface area contributed by atoms with Crippen molar-refractivity contribution >= 4 is 11.6 Å². The number of nitrogens with one attached hydrogen (secondary N) is 2. The quantitative estimate of drug-likeness (QED) is 0.728. The second kappa shape index (κ2) is 6.83. The summed E-state index contributed by atoms with van der Waals surface area (Å²) in [6.45, 7) is 5.05. The largest absolute Gasteiger partial charge is 0.320 e. The van der Waals surface area contributed by atoms with Crippen LogP contribution in [0.3, 0.4) is 0 Å². The van der Waals surface area contributed by atoms with Gasteiger partial charge in [0.25, 0.3) is 0 Å². The lowest BCUT2D eigenvalue weighted by molar-refractivity contribution is 0.624. The summed E-state index contributed by atoms with van der Waals surface area (Å²) in [5.41, 5.74) is 2.47. The van der Waals surface area contributed by atoms with E-state index in [1.165, 1.54) is 11.1 Å². The van der Waals surface area contributed by atoms with E-state index < -0.39 is 0 Å². The summed E-state index contributed by atoms with van der Waals surface area (Å²) >= 11 is 6.04. The smallest absolute Gasteiger partial charge is 0.0438 e. The van der Waals surface area contributed by atoms with Crippen LogP contribution in [0.15, 0.2) is 18.2 Å². The highest BCUT2D eigenvalue weighted by Gasteiger charge is 2.00. The van der Waals surface area contributed by atoms with Gasteiger partial charge in [0.2, 0.25) is 0 Å². The third-order valence-corrected chi connectivity index (χ3v) is 2.89. The highest BCUT2D eigenvalue weighted by atomic mass is 35.5. The molecule has 0 unspecified atom stereocenters. The van der Waals surface area contributed by atoms with Crippen LogP contribution in [0.2, 0.25) is 5.02 Å². The Morgan fingerprint density at radius 1 is 1.27 bits per heavy atom. The second-order valence-corrected chi connectivity index (χ2v) is 4.07. The molecule has 3 heteroatoms. The zero-order chi connectivity index (χ0) is 11.1. The van der Waals surface area contributed by atoms with Crippen LogP contribution in [-0.2, 0) is 6.54 Å². The summed E-state index contributed by atoms with van der Waals surface area (Å²) in [6, 6.07) is 6.05. The van der Waals surface area contributed by atoms with Crippen molar-refractivity contribution in [2.24, 2.45) is 0 Å². The van der Waals surface area contributed by atoms with Crippen molar-refractivity contribution in [2.75, 3.05) is 20.1 Å². The molecule has 0 fully saturated rings. The fourth-order valence-electron chi connectivity index (χ4n) is 1.46. The van der Waals surface area contributed by atoms with Crippen LogP contribution in [0, 0.1) is 6.92 Å². The van der Waals surface area contributed by atoms with E-state index in [4.69, 9.17) is 11.6 Å². The Morgan fingerprint density at radius 2 is 2.07 bits per heavy atom. The molecule has 0 bridgehead atoms. The summed E-state index contributed by atoms with van der Waals surface area (Å²) in [6.07, 6.45) is 1.15. The van der Waals surface area contributed by atoms with Crippen LogP contribution in [0.5, 0.6) is 0 Å². The van der Waals surface area contributed by atoms with Crippen molar-refractivity contribution in [3.05, 3.63) is 34.3 Å². The normalized spacial score (nSPS) is 10.6. The fourth-order valence-corrected chi connectivity index (χ4v) is 1.65. The minimum absolute atomic E-state index is 0.851. The molecule has 1 aromatic carbocycles. The van der Waals surface area contributed by atoms with Crippen molar-refractivity contribution in [1.29, 1.82) is 0 Å². The predicted octanol–water partition coefficient (Wildman–Crippen LogP) is 2.35. The van der Waals surface area contributed by atoms with Gasteiger partial charge in [-0.3, -0.25) is 0 Å². The van der Waals surface area contributed by atoms with Gasteiger partial charge in [-0.1, -0.05) is 23.7 Å². The zero-order valence-electron chi connectivity index (χ0n) is 9.44. The Kier molecular flexibility index (Phi) is 5.69. The molecule has 1 aromatic rings. The van der Waals surface area contributed by atoms with E-state index in [0.717, 1.165) is 31.1 Å². The van der Waals surface area contributed by atoms with E-state index in [0.29, 0.717) is 0 Å². The van der Waals surface area contributed by atoms with Crippen LogP contribution >= 0.6 is 11.6 Å². The molecule has 0 saturated heterocycles. The number of hydrogen-bond donors (Lipinski definition) is 2. The van der Waals surface area contributed by atoms with Gasteiger partial charge in [-0.05, 0) is 50.7 Å². The topological polar surface area (TPSA) is 24.1 Å². The SMILES string of the molecule is CNCCCNCc1cccc(Cl)c1C. The molecule has 0 amide bonds. The standard InChI is InChI=1S/C12H19ClN2/c1-10-11(5-3-6-12(10)13)9-15-8-4-7-14-2/h3,5-6,14-15H,4,7-9H2,1-2H3. The van der Waals surface area contributed by atoms with Crippen LogP contribution in [0.25, 0.3) is 0 Å². The fraction of sp³-hybridized carbons (Fsp3) is 0.500. The van der Waals surface area contributed by atoms with Crippen LogP contribution < -0.4 is 10.6 Å². The summed E-state index contributed by atoms with van der Waals surface area (Å²) in [4.78, 5) is 0. The molecule has 15 heavy (non-hydrogen) atoms. The minimum atomic E-state index is 0.851. The third kappa shape index (κ3) is 4.20. The summed E-state index contributed by atoms with van der Waals surface area (Å²) < 4.78 is 0. The Bertz CT molecular complexity index is 300.